The van der Waals surface area contributed by atoms with Gasteiger partial charge in [-0.25, -0.2) is 0 Å². The topological polar surface area (TPSA) is 29.1 Å². The van der Waals surface area contributed by atoms with Crippen molar-refractivity contribution in [2.45, 2.75) is 34.1 Å². The molecule has 0 radical (unpaired) electrons. The van der Waals surface area contributed by atoms with Crippen LogP contribution in [0.2, 0.25) is 0 Å². The molecule has 1 aromatic heterocycles. The summed E-state index contributed by atoms with van der Waals surface area (Å²) in [6, 6.07) is 8.06. The summed E-state index contributed by atoms with van der Waals surface area (Å²) in [5, 5.41) is 2.98. The van der Waals surface area contributed by atoms with E-state index in [0.717, 1.165) is 28.1 Å². The normalized spacial score (nSPS) is 10.5. The Labute approximate surface area is 118 Å². The van der Waals surface area contributed by atoms with Gasteiger partial charge < -0.3 is 5.32 Å². The van der Waals surface area contributed by atoms with Crippen LogP contribution in [0.15, 0.2) is 24.3 Å². The molecule has 100 valence electrons. The quantitative estimate of drug-likeness (QED) is 0.877. The molecule has 19 heavy (non-hydrogen) atoms. The van der Waals surface area contributed by atoms with E-state index in [-0.39, 0.29) is 5.91 Å². The molecule has 3 heteroatoms. The predicted octanol–water partition coefficient (Wildman–Crippen LogP) is 4.49. The maximum absolute atomic E-state index is 12.2. The Morgan fingerprint density at radius 1 is 1.11 bits per heavy atom. The molecule has 0 bridgehead atoms. The molecule has 0 aliphatic rings. The predicted molar refractivity (Wildman–Crippen MR) is 82.3 cm³/mol. The number of thiophene rings is 1. The largest absolute Gasteiger partial charge is 0.321 e. The van der Waals surface area contributed by atoms with Crippen molar-refractivity contribution in [2.75, 3.05) is 5.32 Å². The van der Waals surface area contributed by atoms with Crippen LogP contribution in [0.1, 0.15) is 38.2 Å². The van der Waals surface area contributed by atoms with Crippen molar-refractivity contribution >= 4 is 22.9 Å². The van der Waals surface area contributed by atoms with E-state index >= 15 is 0 Å². The highest BCUT2D eigenvalue weighted by atomic mass is 32.1. The second kappa shape index (κ2) is 5.57. The van der Waals surface area contributed by atoms with Crippen molar-refractivity contribution in [1.29, 1.82) is 0 Å². The number of carbonyl (C=O) groups is 1. The third-order valence-corrected chi connectivity index (χ3v) is 4.43. The SMILES string of the molecule is CCc1sc(C(=O)Nc2cc(C)cc(C)c2)cc1C. The molecule has 2 aromatic rings. The first kappa shape index (κ1) is 13.8. The minimum atomic E-state index is -0.0159. The first-order valence-corrected chi connectivity index (χ1v) is 7.30. The molecule has 1 heterocycles. The van der Waals surface area contributed by atoms with E-state index in [0.29, 0.717) is 0 Å². The van der Waals surface area contributed by atoms with Crippen LogP contribution in [0.25, 0.3) is 0 Å². The van der Waals surface area contributed by atoms with Gasteiger partial charge in [0.05, 0.1) is 4.88 Å². The Kier molecular flexibility index (Phi) is 4.05. The fourth-order valence-electron chi connectivity index (χ4n) is 2.22. The molecule has 1 N–H and O–H groups in total. The van der Waals surface area contributed by atoms with Crippen molar-refractivity contribution in [2.24, 2.45) is 0 Å². The van der Waals surface area contributed by atoms with Crippen LogP contribution in [0.3, 0.4) is 0 Å². The van der Waals surface area contributed by atoms with Crippen molar-refractivity contribution < 1.29 is 4.79 Å². The van der Waals surface area contributed by atoms with Gasteiger partial charge in [-0.1, -0.05) is 13.0 Å². The zero-order valence-electron chi connectivity index (χ0n) is 11.8. The van der Waals surface area contributed by atoms with Gasteiger partial charge in [0.25, 0.3) is 5.91 Å². The van der Waals surface area contributed by atoms with E-state index in [9.17, 15) is 4.79 Å². The van der Waals surface area contributed by atoms with Crippen molar-refractivity contribution in [1.82, 2.24) is 0 Å². The molecule has 0 unspecified atom stereocenters. The van der Waals surface area contributed by atoms with E-state index < -0.39 is 0 Å². The Bertz CT molecular complexity index is 593. The van der Waals surface area contributed by atoms with Gasteiger partial charge >= 0.3 is 0 Å². The van der Waals surface area contributed by atoms with Crippen LogP contribution >= 0.6 is 11.3 Å². The molecule has 0 saturated heterocycles. The van der Waals surface area contributed by atoms with E-state index in [1.54, 1.807) is 11.3 Å². The Morgan fingerprint density at radius 2 is 1.74 bits per heavy atom. The number of carbonyl (C=O) groups excluding carboxylic acids is 1. The van der Waals surface area contributed by atoms with Crippen LogP contribution in [-0.2, 0) is 6.42 Å². The second-order valence-electron chi connectivity index (χ2n) is 4.90. The lowest BCUT2D eigenvalue weighted by Crippen LogP contribution is -2.10. The Balaban J connectivity index is 2.20. The lowest BCUT2D eigenvalue weighted by molar-refractivity contribution is 0.103. The van der Waals surface area contributed by atoms with Crippen LogP contribution in [0, 0.1) is 20.8 Å². The minimum absolute atomic E-state index is 0.0159. The van der Waals surface area contributed by atoms with Crippen molar-refractivity contribution in [3.05, 3.63) is 50.7 Å². The van der Waals surface area contributed by atoms with Gasteiger partial charge in [0, 0.05) is 10.6 Å². The summed E-state index contributed by atoms with van der Waals surface area (Å²) in [7, 11) is 0. The standard InChI is InChI=1S/C16H19NOS/c1-5-14-12(4)9-15(19-14)16(18)17-13-7-10(2)6-11(3)8-13/h6-9H,5H2,1-4H3,(H,17,18). The minimum Gasteiger partial charge on any atom is -0.321 e. The maximum atomic E-state index is 12.2. The summed E-state index contributed by atoms with van der Waals surface area (Å²) < 4.78 is 0. The molecule has 2 rings (SSSR count). The number of rotatable bonds is 3. The Morgan fingerprint density at radius 3 is 2.26 bits per heavy atom. The van der Waals surface area contributed by atoms with Crippen LogP contribution < -0.4 is 5.32 Å². The summed E-state index contributed by atoms with van der Waals surface area (Å²) in [5.41, 5.74) is 4.39. The molecular formula is C16H19NOS. The maximum Gasteiger partial charge on any atom is 0.265 e. The highest BCUT2D eigenvalue weighted by Gasteiger charge is 2.12. The van der Waals surface area contributed by atoms with Crippen LogP contribution in [0.5, 0.6) is 0 Å². The first-order chi connectivity index (χ1) is 8.99. The third-order valence-electron chi connectivity index (χ3n) is 3.05. The van der Waals surface area contributed by atoms with Crippen molar-refractivity contribution in [3.8, 4) is 0 Å². The molecule has 0 atom stereocenters. The summed E-state index contributed by atoms with van der Waals surface area (Å²) in [6.45, 7) is 8.24. The first-order valence-electron chi connectivity index (χ1n) is 6.48. The van der Waals surface area contributed by atoms with Gasteiger partial charge in [-0.3, -0.25) is 4.79 Å². The summed E-state index contributed by atoms with van der Waals surface area (Å²) >= 11 is 1.58. The fraction of sp³-hybridized carbons (Fsp3) is 0.312. The van der Waals surface area contributed by atoms with E-state index in [1.165, 1.54) is 10.4 Å². The monoisotopic (exact) mass is 273 g/mol. The van der Waals surface area contributed by atoms with Crippen LogP contribution in [-0.4, -0.2) is 5.91 Å². The summed E-state index contributed by atoms with van der Waals surface area (Å²) in [4.78, 5) is 14.3. The molecule has 1 aromatic carbocycles. The zero-order valence-corrected chi connectivity index (χ0v) is 12.6. The number of hydrogen-bond donors (Lipinski definition) is 1. The van der Waals surface area contributed by atoms with Gasteiger partial charge in [-0.2, -0.15) is 0 Å². The van der Waals surface area contributed by atoms with Crippen LogP contribution in [0.4, 0.5) is 5.69 Å². The molecule has 2 nitrogen and oxygen atoms in total. The molecule has 1 amide bonds. The average molecular weight is 273 g/mol. The molecule has 0 spiro atoms. The third kappa shape index (κ3) is 3.24. The number of nitrogens with one attached hydrogen (secondary N) is 1. The number of amides is 1. The van der Waals surface area contributed by atoms with Gasteiger partial charge in [-0.05, 0) is 62.1 Å². The van der Waals surface area contributed by atoms with Gasteiger partial charge in [0.2, 0.25) is 0 Å². The zero-order chi connectivity index (χ0) is 14.0. The molecular weight excluding hydrogens is 254 g/mol. The molecule has 0 saturated carbocycles. The molecule has 0 fully saturated rings. The van der Waals surface area contributed by atoms with Crippen molar-refractivity contribution in [3.63, 3.8) is 0 Å². The Hall–Kier alpha value is -1.61. The van der Waals surface area contributed by atoms with E-state index in [4.69, 9.17) is 0 Å². The highest BCUT2D eigenvalue weighted by molar-refractivity contribution is 7.14. The fourth-order valence-corrected chi connectivity index (χ4v) is 3.23. The van der Waals surface area contributed by atoms with Gasteiger partial charge in [-0.15, -0.1) is 11.3 Å². The number of aryl methyl sites for hydroxylation is 4. The lowest BCUT2D eigenvalue weighted by atomic mass is 10.1. The smallest absolute Gasteiger partial charge is 0.265 e. The summed E-state index contributed by atoms with van der Waals surface area (Å²) in [6.07, 6.45) is 0.979. The lowest BCUT2D eigenvalue weighted by Gasteiger charge is -2.06. The highest BCUT2D eigenvalue weighted by Crippen LogP contribution is 2.23. The molecule has 0 aliphatic heterocycles. The van der Waals surface area contributed by atoms with E-state index in [2.05, 4.69) is 25.2 Å². The number of benzene rings is 1. The molecule has 0 aliphatic carbocycles. The number of anilines is 1. The van der Waals surface area contributed by atoms with Gasteiger partial charge in [0.1, 0.15) is 0 Å². The average Bonchev–Trinajstić information content (AvgIpc) is 2.69. The number of hydrogen-bond acceptors (Lipinski definition) is 2. The van der Waals surface area contributed by atoms with Gasteiger partial charge in [0.15, 0.2) is 0 Å². The summed E-state index contributed by atoms with van der Waals surface area (Å²) in [5.74, 6) is -0.0159. The second-order valence-corrected chi connectivity index (χ2v) is 6.04. The van der Waals surface area contributed by atoms with E-state index in [1.807, 2.05) is 32.0 Å².